The summed E-state index contributed by atoms with van der Waals surface area (Å²) in [6.07, 6.45) is 0.146. The van der Waals surface area contributed by atoms with Crippen LogP contribution in [0.4, 0.5) is 0 Å². The van der Waals surface area contributed by atoms with Crippen molar-refractivity contribution in [3.05, 3.63) is 0 Å². The van der Waals surface area contributed by atoms with Crippen molar-refractivity contribution in [1.29, 1.82) is 0 Å². The fraction of sp³-hybridized carbons (Fsp3) is 0.947. The van der Waals surface area contributed by atoms with Crippen LogP contribution in [0.3, 0.4) is 0 Å². The Hall–Kier alpha value is -0.290. The molecule has 1 amide bonds. The van der Waals surface area contributed by atoms with Gasteiger partial charge in [0, 0.05) is 6.54 Å². The third-order valence-corrected chi connectivity index (χ3v) is 7.95. The Morgan fingerprint density at radius 2 is 1.90 bits per heavy atom. The molecule has 0 aromatic rings. The molecule has 0 saturated carbocycles. The van der Waals surface area contributed by atoms with E-state index in [9.17, 15) is 24.3 Å². The number of rotatable bonds is 7. The number of aliphatic hydroxyl groups is 3. The smallest absolute Gasteiger partial charge is 0.237 e. The van der Waals surface area contributed by atoms with E-state index in [2.05, 4.69) is 12.2 Å². The molecular formula is C19H37ClN2O6S. The maximum absolute atomic E-state index is 13.0. The summed E-state index contributed by atoms with van der Waals surface area (Å²) in [4.78, 5) is 15.0. The average Bonchev–Trinajstić information content (AvgIpc) is 2.97. The number of amides is 1. The highest BCUT2D eigenvalue weighted by molar-refractivity contribution is 8.02. The Morgan fingerprint density at radius 1 is 1.28 bits per heavy atom. The van der Waals surface area contributed by atoms with E-state index >= 15 is 0 Å². The molecule has 0 aromatic carbocycles. The summed E-state index contributed by atoms with van der Waals surface area (Å²) in [5, 5.41) is 33.3. The minimum atomic E-state index is -2.96. The molecule has 0 radical (unpaired) electrons. The molecule has 29 heavy (non-hydrogen) atoms. The second-order valence-corrected chi connectivity index (χ2v) is 13.0. The second kappa shape index (κ2) is 9.89. The molecule has 2 fully saturated rings. The van der Waals surface area contributed by atoms with Crippen LogP contribution in [0.1, 0.15) is 33.1 Å². The number of likely N-dealkylation sites (N-methyl/N-ethyl adjacent to an activating group) is 1. The van der Waals surface area contributed by atoms with Gasteiger partial charge in [0.2, 0.25) is 5.91 Å². The molecule has 172 valence electrons. The molecule has 2 rings (SSSR count). The summed E-state index contributed by atoms with van der Waals surface area (Å²) in [6.45, 7) is 4.62. The summed E-state index contributed by atoms with van der Waals surface area (Å²) >= 11 is 6.32. The molecule has 3 unspecified atom stereocenters. The first-order valence-corrected chi connectivity index (χ1v) is 13.4. The highest BCUT2D eigenvalue weighted by Gasteiger charge is 2.50. The molecule has 10 heteroatoms. The van der Waals surface area contributed by atoms with Crippen molar-refractivity contribution in [2.45, 2.75) is 80.4 Å². The van der Waals surface area contributed by atoms with Gasteiger partial charge in [-0.3, -0.25) is 13.9 Å². The number of aliphatic hydroxyl groups excluding tert-OH is 3. The summed E-state index contributed by atoms with van der Waals surface area (Å²) in [7, 11) is -1.05. The van der Waals surface area contributed by atoms with Crippen LogP contribution in [-0.4, -0.2) is 104 Å². The zero-order valence-electron chi connectivity index (χ0n) is 17.9. The molecule has 9 atom stereocenters. The predicted molar refractivity (Wildman–Crippen MR) is 115 cm³/mol. The second-order valence-electron chi connectivity index (χ2n) is 8.95. The predicted octanol–water partition coefficient (Wildman–Crippen LogP) is -0.697. The van der Waals surface area contributed by atoms with Gasteiger partial charge in [-0.05, 0) is 45.2 Å². The van der Waals surface area contributed by atoms with E-state index < -0.39 is 51.2 Å². The molecule has 2 aliphatic heterocycles. The number of hydrogen-bond donors (Lipinski definition) is 5. The number of hydrogen-bond acceptors (Lipinski definition) is 7. The van der Waals surface area contributed by atoms with Crippen LogP contribution in [-0.2, 0) is 19.5 Å². The highest BCUT2D eigenvalue weighted by atomic mass is 35.5. The van der Waals surface area contributed by atoms with E-state index in [0.717, 1.165) is 25.8 Å². The standard InChI is InChI=1S/C19H37ClN2O6S/c1-6-7-11-8-12(22(3)9-11)18(26)21-13(10(2)20)17-15(24)14(23)16(25)19(28-17)29(4,5)27/h10-17,19,23-25,29H,6-9H2,1-5H3,(H,21,26)/t10?,11-,12?,13?,14+,15-,16-,17-,19-/m1/s1. The van der Waals surface area contributed by atoms with Gasteiger partial charge >= 0.3 is 0 Å². The normalized spacial score (nSPS) is 39.1. The Balaban J connectivity index is 2.18. The first-order chi connectivity index (χ1) is 13.4. The highest BCUT2D eigenvalue weighted by Crippen LogP contribution is 2.31. The van der Waals surface area contributed by atoms with E-state index in [0.29, 0.717) is 5.92 Å². The fourth-order valence-electron chi connectivity index (χ4n) is 4.45. The Kier molecular flexibility index (Phi) is 8.52. The maximum Gasteiger partial charge on any atom is 0.237 e. The van der Waals surface area contributed by atoms with Crippen LogP contribution < -0.4 is 5.32 Å². The molecule has 2 saturated heterocycles. The number of ether oxygens (including phenoxy) is 1. The van der Waals surface area contributed by atoms with Crippen molar-refractivity contribution >= 4 is 27.4 Å². The summed E-state index contributed by atoms with van der Waals surface area (Å²) in [5.41, 5.74) is -1.15. The third kappa shape index (κ3) is 5.70. The molecule has 0 spiro atoms. The third-order valence-electron chi connectivity index (χ3n) is 6.03. The number of nitrogens with one attached hydrogen (secondary N) is 1. The van der Waals surface area contributed by atoms with Crippen LogP contribution in [0.5, 0.6) is 0 Å². The van der Waals surface area contributed by atoms with Crippen molar-refractivity contribution in [1.82, 2.24) is 10.2 Å². The first kappa shape index (κ1) is 25.0. The number of likely N-dealkylation sites (tertiary alicyclic amines) is 1. The SMILES string of the molecule is CCC[C@@H]1CC(C(=O)NC(C(C)Cl)[C@H]2O[C@H]([SH](C)(C)=O)[C@H](O)[C@@H](O)[C@H]2O)N(C)C1. The van der Waals surface area contributed by atoms with Gasteiger partial charge in [0.25, 0.3) is 0 Å². The average molecular weight is 457 g/mol. The van der Waals surface area contributed by atoms with Gasteiger partial charge in [-0.15, -0.1) is 11.6 Å². The quantitative estimate of drug-likeness (QED) is 0.254. The van der Waals surface area contributed by atoms with Crippen LogP contribution in [0, 0.1) is 5.92 Å². The minimum Gasteiger partial charge on any atom is -0.388 e. The number of nitrogens with zero attached hydrogens (tertiary/aromatic N) is 1. The molecule has 0 bridgehead atoms. The van der Waals surface area contributed by atoms with Gasteiger partial charge in [-0.2, -0.15) is 0 Å². The van der Waals surface area contributed by atoms with Gasteiger partial charge in [0.1, 0.15) is 29.9 Å². The van der Waals surface area contributed by atoms with E-state index in [1.54, 1.807) is 6.92 Å². The maximum atomic E-state index is 13.0. The van der Waals surface area contributed by atoms with E-state index in [1.165, 1.54) is 12.5 Å². The topological polar surface area (TPSA) is 119 Å². The van der Waals surface area contributed by atoms with Crippen LogP contribution >= 0.6 is 11.6 Å². The summed E-state index contributed by atoms with van der Waals surface area (Å²) < 4.78 is 18.3. The van der Waals surface area contributed by atoms with Gasteiger partial charge in [-0.1, -0.05) is 23.3 Å². The lowest BCUT2D eigenvalue weighted by atomic mass is 9.92. The molecule has 4 N–H and O–H groups in total. The molecule has 2 heterocycles. The van der Waals surface area contributed by atoms with E-state index in [-0.39, 0.29) is 11.9 Å². The Bertz CT molecular complexity index is 618. The minimum absolute atomic E-state index is 0.215. The number of alkyl halides is 1. The van der Waals surface area contributed by atoms with Gasteiger partial charge < -0.3 is 25.4 Å². The molecule has 0 aliphatic carbocycles. The van der Waals surface area contributed by atoms with E-state index in [4.69, 9.17) is 16.3 Å². The van der Waals surface area contributed by atoms with Crippen LogP contribution in [0.2, 0.25) is 0 Å². The number of thiol groups is 1. The summed E-state index contributed by atoms with van der Waals surface area (Å²) in [6, 6.07) is -1.13. The lowest BCUT2D eigenvalue weighted by Crippen LogP contribution is -2.67. The Labute approximate surface area is 179 Å². The fourth-order valence-corrected chi connectivity index (χ4v) is 6.00. The van der Waals surface area contributed by atoms with Crippen molar-refractivity contribution < 1.29 is 29.1 Å². The van der Waals surface area contributed by atoms with Gasteiger partial charge in [0.05, 0.1) is 17.5 Å². The van der Waals surface area contributed by atoms with Crippen molar-refractivity contribution in [3.63, 3.8) is 0 Å². The Morgan fingerprint density at radius 3 is 2.41 bits per heavy atom. The lowest BCUT2D eigenvalue weighted by Gasteiger charge is -2.46. The zero-order chi connectivity index (χ0) is 22.1. The number of halogens is 1. The van der Waals surface area contributed by atoms with Gasteiger partial charge in [0.15, 0.2) is 0 Å². The first-order valence-electron chi connectivity index (χ1n) is 10.3. The monoisotopic (exact) mass is 456 g/mol. The zero-order valence-corrected chi connectivity index (χ0v) is 19.5. The number of carbonyl (C=O) groups is 1. The number of carbonyl (C=O) groups excluding carboxylic acids is 1. The molecule has 2 aliphatic rings. The lowest BCUT2D eigenvalue weighted by molar-refractivity contribution is -0.206. The van der Waals surface area contributed by atoms with E-state index in [1.807, 2.05) is 11.9 Å². The van der Waals surface area contributed by atoms with Gasteiger partial charge in [-0.25, -0.2) is 0 Å². The van der Waals surface area contributed by atoms with Crippen molar-refractivity contribution in [2.24, 2.45) is 5.92 Å². The van der Waals surface area contributed by atoms with Crippen LogP contribution in [0.25, 0.3) is 0 Å². The van der Waals surface area contributed by atoms with Crippen molar-refractivity contribution in [2.75, 3.05) is 26.1 Å². The molecule has 0 aromatic heterocycles. The van der Waals surface area contributed by atoms with Crippen molar-refractivity contribution in [3.8, 4) is 0 Å². The molecule has 8 nitrogen and oxygen atoms in total. The summed E-state index contributed by atoms with van der Waals surface area (Å²) in [5.74, 6) is 0.240. The largest absolute Gasteiger partial charge is 0.388 e. The van der Waals surface area contributed by atoms with Crippen LogP contribution in [0.15, 0.2) is 0 Å². The molecular weight excluding hydrogens is 420 g/mol.